The molecule has 1 N–H and O–H groups in total. The van der Waals surface area contributed by atoms with Gasteiger partial charge < -0.3 is 9.84 Å². The average Bonchev–Trinajstić information content (AvgIpc) is 2.02. The number of ether oxygens (including phenoxy) is 1. The van der Waals surface area contributed by atoms with Crippen LogP contribution in [0.15, 0.2) is 16.6 Å². The van der Waals surface area contributed by atoms with Gasteiger partial charge in [-0.3, -0.25) is 0 Å². The molecule has 5 heteroatoms. The minimum atomic E-state index is -0.990. The van der Waals surface area contributed by atoms with Gasteiger partial charge in [-0.25, -0.2) is 4.79 Å². The summed E-state index contributed by atoms with van der Waals surface area (Å²) in [5, 5.41) is 8.84. The highest BCUT2D eigenvalue weighted by Gasteiger charge is 2.14. The van der Waals surface area contributed by atoms with Crippen LogP contribution in [0, 0.1) is 3.57 Å². The molecule has 0 heterocycles. The molecule has 0 spiro atoms. The summed E-state index contributed by atoms with van der Waals surface area (Å²) >= 11 is 5.28. The highest BCUT2D eigenvalue weighted by molar-refractivity contribution is 14.1. The predicted molar refractivity (Wildman–Crippen MR) is 60.4 cm³/mol. The van der Waals surface area contributed by atoms with Crippen LogP contribution in [0.1, 0.15) is 10.4 Å². The van der Waals surface area contributed by atoms with E-state index in [1.54, 1.807) is 12.1 Å². The van der Waals surface area contributed by atoms with E-state index in [-0.39, 0.29) is 5.56 Å². The molecule has 0 atom stereocenters. The summed E-state index contributed by atoms with van der Waals surface area (Å²) in [6, 6.07) is 3.36. The van der Waals surface area contributed by atoms with Gasteiger partial charge in [0, 0.05) is 3.57 Å². The van der Waals surface area contributed by atoms with E-state index >= 15 is 0 Å². The van der Waals surface area contributed by atoms with Crippen LogP contribution in [-0.2, 0) is 0 Å². The first kappa shape index (κ1) is 10.8. The molecule has 1 aromatic rings. The Balaban J connectivity index is 3.38. The van der Waals surface area contributed by atoms with Crippen LogP contribution in [0.3, 0.4) is 0 Å². The van der Waals surface area contributed by atoms with Gasteiger partial charge in [0.25, 0.3) is 0 Å². The number of hydrogen-bond donors (Lipinski definition) is 1. The summed E-state index contributed by atoms with van der Waals surface area (Å²) in [4.78, 5) is 10.8. The van der Waals surface area contributed by atoms with Crippen LogP contribution in [0.5, 0.6) is 5.75 Å². The Hall–Kier alpha value is -0.300. The van der Waals surface area contributed by atoms with Crippen molar-refractivity contribution < 1.29 is 14.6 Å². The fraction of sp³-hybridized carbons (Fsp3) is 0.125. The Morgan fingerprint density at radius 3 is 2.69 bits per heavy atom. The van der Waals surface area contributed by atoms with E-state index in [1.165, 1.54) is 7.11 Å². The predicted octanol–water partition coefficient (Wildman–Crippen LogP) is 2.76. The molecular formula is C8H6BrIO3. The molecule has 0 radical (unpaired) electrons. The lowest BCUT2D eigenvalue weighted by atomic mass is 10.2. The van der Waals surface area contributed by atoms with Gasteiger partial charge in [-0.05, 0) is 50.7 Å². The van der Waals surface area contributed by atoms with Crippen molar-refractivity contribution in [3.8, 4) is 5.75 Å². The first-order chi connectivity index (χ1) is 6.06. The molecule has 3 nitrogen and oxygen atoms in total. The number of hydrogen-bond acceptors (Lipinski definition) is 2. The molecule has 0 amide bonds. The quantitative estimate of drug-likeness (QED) is 0.829. The van der Waals surface area contributed by atoms with Crippen molar-refractivity contribution in [2.75, 3.05) is 7.11 Å². The monoisotopic (exact) mass is 356 g/mol. The normalized spacial score (nSPS) is 9.77. The van der Waals surface area contributed by atoms with Gasteiger partial charge in [-0.1, -0.05) is 0 Å². The van der Waals surface area contributed by atoms with Crippen LogP contribution in [-0.4, -0.2) is 18.2 Å². The van der Waals surface area contributed by atoms with E-state index in [1.807, 2.05) is 22.6 Å². The number of benzene rings is 1. The lowest BCUT2D eigenvalue weighted by molar-refractivity contribution is 0.0693. The second-order valence-corrected chi connectivity index (χ2v) is 4.37. The molecule has 0 aliphatic carbocycles. The number of carboxylic acid groups (broad SMARTS) is 1. The van der Waals surface area contributed by atoms with Crippen molar-refractivity contribution in [3.05, 3.63) is 25.7 Å². The maximum atomic E-state index is 10.8. The largest absolute Gasteiger partial charge is 0.495 e. The molecule has 0 saturated heterocycles. The van der Waals surface area contributed by atoms with Gasteiger partial charge in [0.15, 0.2) is 0 Å². The van der Waals surface area contributed by atoms with Gasteiger partial charge in [-0.15, -0.1) is 0 Å². The zero-order valence-corrected chi connectivity index (χ0v) is 10.4. The summed E-state index contributed by atoms with van der Waals surface area (Å²) in [6.45, 7) is 0. The fourth-order valence-corrected chi connectivity index (χ4v) is 2.60. The minimum absolute atomic E-state index is 0.168. The third kappa shape index (κ3) is 2.34. The van der Waals surface area contributed by atoms with Gasteiger partial charge in [0.2, 0.25) is 0 Å². The Morgan fingerprint density at radius 1 is 1.62 bits per heavy atom. The molecule has 0 aliphatic rings. The molecule has 70 valence electrons. The Morgan fingerprint density at radius 2 is 2.23 bits per heavy atom. The zero-order chi connectivity index (χ0) is 10.0. The zero-order valence-electron chi connectivity index (χ0n) is 6.67. The van der Waals surface area contributed by atoms with Crippen LogP contribution < -0.4 is 4.74 Å². The van der Waals surface area contributed by atoms with Crippen molar-refractivity contribution in [3.63, 3.8) is 0 Å². The molecule has 0 fully saturated rings. The van der Waals surface area contributed by atoms with Crippen LogP contribution in [0.4, 0.5) is 0 Å². The Bertz CT molecular complexity index is 351. The van der Waals surface area contributed by atoms with Crippen LogP contribution >= 0.6 is 38.5 Å². The summed E-state index contributed by atoms with van der Waals surface area (Å²) in [5.74, 6) is -0.635. The summed E-state index contributed by atoms with van der Waals surface area (Å²) < 4.78 is 6.46. The maximum Gasteiger partial charge on any atom is 0.339 e. The van der Waals surface area contributed by atoms with Gasteiger partial charge in [-0.2, -0.15) is 0 Å². The van der Waals surface area contributed by atoms with Crippen LogP contribution in [0.25, 0.3) is 0 Å². The number of carbonyl (C=O) groups is 1. The first-order valence-corrected chi connectivity index (χ1v) is 5.19. The highest BCUT2D eigenvalue weighted by atomic mass is 127. The molecule has 0 unspecified atom stereocenters. The summed E-state index contributed by atoms with van der Waals surface area (Å²) in [6.07, 6.45) is 0. The number of halogens is 2. The third-order valence-corrected chi connectivity index (χ3v) is 2.65. The molecule has 0 bridgehead atoms. The van der Waals surface area contributed by atoms with E-state index in [2.05, 4.69) is 15.9 Å². The van der Waals surface area contributed by atoms with Gasteiger partial charge in [0.05, 0.1) is 11.6 Å². The van der Waals surface area contributed by atoms with Crippen molar-refractivity contribution in [1.29, 1.82) is 0 Å². The summed E-state index contributed by atoms with van der Waals surface area (Å²) in [5.41, 5.74) is 0.168. The smallest absolute Gasteiger partial charge is 0.339 e. The van der Waals surface area contributed by atoms with Crippen molar-refractivity contribution in [1.82, 2.24) is 0 Å². The molecule has 0 aromatic heterocycles. The number of rotatable bonds is 2. The number of methoxy groups -OCH3 is 1. The lowest BCUT2D eigenvalue weighted by Gasteiger charge is -2.07. The number of carboxylic acids is 1. The van der Waals surface area contributed by atoms with Gasteiger partial charge in [0.1, 0.15) is 11.3 Å². The maximum absolute atomic E-state index is 10.8. The molecule has 1 rings (SSSR count). The SMILES string of the molecule is COc1c(Br)cc(I)cc1C(=O)O. The summed E-state index contributed by atoms with van der Waals surface area (Å²) in [7, 11) is 1.44. The lowest BCUT2D eigenvalue weighted by Crippen LogP contribution is -2.01. The Kier molecular flexibility index (Phi) is 3.55. The Labute approximate surface area is 97.4 Å². The topological polar surface area (TPSA) is 46.5 Å². The molecule has 0 aliphatic heterocycles. The number of aromatic carboxylic acids is 1. The van der Waals surface area contributed by atoms with E-state index in [0.29, 0.717) is 10.2 Å². The molecule has 1 aromatic carbocycles. The van der Waals surface area contributed by atoms with Gasteiger partial charge >= 0.3 is 5.97 Å². The molecule has 13 heavy (non-hydrogen) atoms. The second kappa shape index (κ2) is 4.28. The average molecular weight is 357 g/mol. The van der Waals surface area contributed by atoms with Crippen molar-refractivity contribution in [2.45, 2.75) is 0 Å². The second-order valence-electron chi connectivity index (χ2n) is 2.27. The van der Waals surface area contributed by atoms with E-state index < -0.39 is 5.97 Å². The standard InChI is InChI=1S/C8H6BrIO3/c1-13-7-5(8(11)12)2-4(10)3-6(7)9/h2-3H,1H3,(H,11,12). The highest BCUT2D eigenvalue weighted by Crippen LogP contribution is 2.30. The fourth-order valence-electron chi connectivity index (χ4n) is 0.927. The van der Waals surface area contributed by atoms with Crippen molar-refractivity contribution in [2.24, 2.45) is 0 Å². The first-order valence-electron chi connectivity index (χ1n) is 3.32. The molecular weight excluding hydrogens is 351 g/mol. The van der Waals surface area contributed by atoms with E-state index in [9.17, 15) is 4.79 Å². The third-order valence-electron chi connectivity index (χ3n) is 1.44. The molecule has 0 saturated carbocycles. The van der Waals surface area contributed by atoms with Crippen molar-refractivity contribution >= 4 is 44.5 Å². The minimum Gasteiger partial charge on any atom is -0.495 e. The van der Waals surface area contributed by atoms with E-state index in [0.717, 1.165) is 3.57 Å². The van der Waals surface area contributed by atoms with Crippen LogP contribution in [0.2, 0.25) is 0 Å². The van der Waals surface area contributed by atoms with E-state index in [4.69, 9.17) is 9.84 Å².